The number of nitrogens with one attached hydrogen (secondary N) is 2. The Kier molecular flexibility index (Phi) is 3.33. The molecule has 1 aliphatic rings. The maximum absolute atomic E-state index is 12.2. The second kappa shape index (κ2) is 4.75. The summed E-state index contributed by atoms with van der Waals surface area (Å²) in [6.45, 7) is 3.31. The smallest absolute Gasteiger partial charge is 0.253 e. The molecule has 0 spiro atoms. The molecule has 2 N–H and O–H groups in total. The third-order valence-electron chi connectivity index (χ3n) is 3.08. The Bertz CT molecular complexity index is 412. The Balaban J connectivity index is 2.14. The molecule has 2 rings (SSSR count). The fourth-order valence-corrected chi connectivity index (χ4v) is 2.01. The monoisotopic (exact) mass is 234 g/mol. The predicted octanol–water partition coefficient (Wildman–Crippen LogP) is 1.64. The molecule has 0 radical (unpaired) electrons. The predicted molar refractivity (Wildman–Crippen MR) is 67.3 cm³/mol. The lowest BCUT2D eigenvalue weighted by molar-refractivity contribution is 0.0890. The molecule has 0 aliphatic carbocycles. The molecule has 1 unspecified atom stereocenters. The highest BCUT2D eigenvalue weighted by atomic mass is 16.5. The quantitative estimate of drug-likeness (QED) is 0.836. The van der Waals surface area contributed by atoms with Crippen LogP contribution in [0, 0.1) is 0 Å². The van der Waals surface area contributed by atoms with Gasteiger partial charge in [0.1, 0.15) is 0 Å². The van der Waals surface area contributed by atoms with Gasteiger partial charge >= 0.3 is 0 Å². The van der Waals surface area contributed by atoms with Crippen LogP contribution in [0.2, 0.25) is 0 Å². The molecule has 1 amide bonds. The van der Waals surface area contributed by atoms with Crippen molar-refractivity contribution >= 4 is 11.6 Å². The number of para-hydroxylation sites is 1. The first-order valence-electron chi connectivity index (χ1n) is 5.82. The van der Waals surface area contributed by atoms with Gasteiger partial charge in [0.2, 0.25) is 0 Å². The van der Waals surface area contributed by atoms with Gasteiger partial charge < -0.3 is 15.4 Å². The summed E-state index contributed by atoms with van der Waals surface area (Å²) in [6.07, 6.45) is 0.862. The summed E-state index contributed by atoms with van der Waals surface area (Å²) >= 11 is 0. The second-order valence-electron chi connectivity index (χ2n) is 4.61. The van der Waals surface area contributed by atoms with Crippen molar-refractivity contribution < 1.29 is 9.53 Å². The summed E-state index contributed by atoms with van der Waals surface area (Å²) in [6, 6.07) is 7.48. The maximum atomic E-state index is 12.2. The number of anilines is 1. The van der Waals surface area contributed by atoms with Crippen LogP contribution in [-0.4, -0.2) is 31.7 Å². The summed E-state index contributed by atoms with van der Waals surface area (Å²) in [5, 5.41) is 6.06. The van der Waals surface area contributed by atoms with Gasteiger partial charge in [0, 0.05) is 19.3 Å². The summed E-state index contributed by atoms with van der Waals surface area (Å²) in [5.41, 5.74) is 1.27. The number of carbonyl (C=O) groups is 1. The van der Waals surface area contributed by atoms with Crippen molar-refractivity contribution in [2.75, 3.05) is 25.6 Å². The molecule has 1 aromatic carbocycles. The first kappa shape index (κ1) is 11.9. The molecule has 0 saturated carbocycles. The van der Waals surface area contributed by atoms with Gasteiger partial charge in [-0.25, -0.2) is 0 Å². The van der Waals surface area contributed by atoms with E-state index in [1.165, 1.54) is 0 Å². The standard InChI is InChI=1S/C13H18N2O2/c1-13(7-8-17-9-13)15-12(16)10-5-3-4-6-11(10)14-2/h3-6,14H,7-9H2,1-2H3,(H,15,16). The van der Waals surface area contributed by atoms with Gasteiger partial charge in [0.25, 0.3) is 5.91 Å². The van der Waals surface area contributed by atoms with E-state index >= 15 is 0 Å². The molecule has 4 nitrogen and oxygen atoms in total. The van der Waals surface area contributed by atoms with E-state index in [1.54, 1.807) is 0 Å². The highest BCUT2D eigenvalue weighted by Crippen LogP contribution is 2.20. The SMILES string of the molecule is CNc1ccccc1C(=O)NC1(C)CCOC1. The number of hydrogen-bond acceptors (Lipinski definition) is 3. The van der Waals surface area contributed by atoms with Crippen LogP contribution >= 0.6 is 0 Å². The van der Waals surface area contributed by atoms with Crippen molar-refractivity contribution in [3.8, 4) is 0 Å². The molecular formula is C13H18N2O2. The van der Waals surface area contributed by atoms with Crippen molar-refractivity contribution in [3.05, 3.63) is 29.8 Å². The number of rotatable bonds is 3. The Labute approximate surface area is 101 Å². The minimum atomic E-state index is -0.238. The van der Waals surface area contributed by atoms with E-state index in [9.17, 15) is 4.79 Å². The molecule has 92 valence electrons. The second-order valence-corrected chi connectivity index (χ2v) is 4.61. The van der Waals surface area contributed by atoms with Crippen molar-refractivity contribution in [2.45, 2.75) is 18.9 Å². The zero-order valence-corrected chi connectivity index (χ0v) is 10.2. The lowest BCUT2D eigenvalue weighted by Gasteiger charge is -2.24. The lowest BCUT2D eigenvalue weighted by atomic mass is 10.0. The number of amides is 1. The summed E-state index contributed by atoms with van der Waals surface area (Å²) in [7, 11) is 1.81. The van der Waals surface area contributed by atoms with E-state index in [4.69, 9.17) is 4.74 Å². The number of benzene rings is 1. The molecule has 4 heteroatoms. The largest absolute Gasteiger partial charge is 0.387 e. The molecule has 1 fully saturated rings. The van der Waals surface area contributed by atoms with Crippen molar-refractivity contribution in [2.24, 2.45) is 0 Å². The molecule has 1 heterocycles. The number of ether oxygens (including phenoxy) is 1. The average Bonchev–Trinajstić information content (AvgIpc) is 2.75. The van der Waals surface area contributed by atoms with Crippen LogP contribution in [-0.2, 0) is 4.74 Å². The van der Waals surface area contributed by atoms with E-state index in [0.717, 1.165) is 12.1 Å². The van der Waals surface area contributed by atoms with Crippen LogP contribution in [0.5, 0.6) is 0 Å². The van der Waals surface area contributed by atoms with E-state index in [1.807, 2.05) is 38.2 Å². The summed E-state index contributed by atoms with van der Waals surface area (Å²) in [4.78, 5) is 12.2. The van der Waals surface area contributed by atoms with Gasteiger partial charge in [-0.3, -0.25) is 4.79 Å². The Morgan fingerprint density at radius 3 is 2.82 bits per heavy atom. The fourth-order valence-electron chi connectivity index (χ4n) is 2.01. The average molecular weight is 234 g/mol. The Morgan fingerprint density at radius 2 is 2.18 bits per heavy atom. The summed E-state index contributed by atoms with van der Waals surface area (Å²) < 4.78 is 5.32. The zero-order chi connectivity index (χ0) is 12.3. The van der Waals surface area contributed by atoms with Gasteiger partial charge in [0.05, 0.1) is 17.7 Å². The van der Waals surface area contributed by atoms with Crippen LogP contribution in [0.15, 0.2) is 24.3 Å². The van der Waals surface area contributed by atoms with Gasteiger partial charge in [-0.05, 0) is 25.5 Å². The number of carbonyl (C=O) groups excluding carboxylic acids is 1. The highest BCUT2D eigenvalue weighted by molar-refractivity contribution is 6.00. The minimum Gasteiger partial charge on any atom is -0.387 e. The van der Waals surface area contributed by atoms with Crippen LogP contribution in [0.1, 0.15) is 23.7 Å². The molecule has 17 heavy (non-hydrogen) atoms. The van der Waals surface area contributed by atoms with Crippen LogP contribution in [0.25, 0.3) is 0 Å². The van der Waals surface area contributed by atoms with Crippen LogP contribution < -0.4 is 10.6 Å². The van der Waals surface area contributed by atoms with Crippen LogP contribution in [0.4, 0.5) is 5.69 Å². The zero-order valence-electron chi connectivity index (χ0n) is 10.2. The topological polar surface area (TPSA) is 50.4 Å². The number of hydrogen-bond donors (Lipinski definition) is 2. The lowest BCUT2D eigenvalue weighted by Crippen LogP contribution is -2.46. The van der Waals surface area contributed by atoms with E-state index in [0.29, 0.717) is 18.8 Å². The first-order chi connectivity index (χ1) is 8.14. The molecule has 0 bridgehead atoms. The van der Waals surface area contributed by atoms with E-state index < -0.39 is 0 Å². The van der Waals surface area contributed by atoms with Crippen LogP contribution in [0.3, 0.4) is 0 Å². The molecule has 1 saturated heterocycles. The molecule has 1 atom stereocenters. The van der Waals surface area contributed by atoms with Crippen molar-refractivity contribution in [1.29, 1.82) is 0 Å². The summed E-state index contributed by atoms with van der Waals surface area (Å²) in [5.74, 6) is -0.0528. The minimum absolute atomic E-state index is 0.0528. The van der Waals surface area contributed by atoms with E-state index in [2.05, 4.69) is 10.6 Å². The Hall–Kier alpha value is -1.55. The highest BCUT2D eigenvalue weighted by Gasteiger charge is 2.31. The van der Waals surface area contributed by atoms with Crippen molar-refractivity contribution in [1.82, 2.24) is 5.32 Å². The third kappa shape index (κ3) is 2.58. The Morgan fingerprint density at radius 1 is 1.41 bits per heavy atom. The third-order valence-corrected chi connectivity index (χ3v) is 3.08. The fraction of sp³-hybridized carbons (Fsp3) is 0.462. The van der Waals surface area contributed by atoms with Crippen molar-refractivity contribution in [3.63, 3.8) is 0 Å². The van der Waals surface area contributed by atoms with Gasteiger partial charge in [0.15, 0.2) is 0 Å². The maximum Gasteiger partial charge on any atom is 0.253 e. The molecule has 0 aromatic heterocycles. The first-order valence-corrected chi connectivity index (χ1v) is 5.82. The molecule has 1 aliphatic heterocycles. The molecular weight excluding hydrogens is 216 g/mol. The van der Waals surface area contributed by atoms with E-state index in [-0.39, 0.29) is 11.4 Å². The molecule has 1 aromatic rings. The normalized spacial score (nSPS) is 23.4. The van der Waals surface area contributed by atoms with Gasteiger partial charge in [-0.1, -0.05) is 12.1 Å². The van der Waals surface area contributed by atoms with Gasteiger partial charge in [-0.2, -0.15) is 0 Å². The van der Waals surface area contributed by atoms with Gasteiger partial charge in [-0.15, -0.1) is 0 Å².